The Hall–Kier alpha value is -0.960. The molecule has 0 aliphatic heterocycles. The maximum absolute atomic E-state index is 9.42. The molecule has 2 aromatic carbocycles. The van der Waals surface area contributed by atoms with E-state index < -0.39 is 6.10 Å². The van der Waals surface area contributed by atoms with Crippen molar-refractivity contribution in [3.8, 4) is 0 Å². The van der Waals surface area contributed by atoms with Crippen molar-refractivity contribution < 1.29 is 5.11 Å². The predicted molar refractivity (Wildman–Crippen MR) is 72.7 cm³/mol. The van der Waals surface area contributed by atoms with Crippen LogP contribution in [0.25, 0.3) is 0 Å². The summed E-state index contributed by atoms with van der Waals surface area (Å²) in [5.41, 5.74) is 0.931. The summed E-state index contributed by atoms with van der Waals surface area (Å²) in [6.45, 7) is 1.76. The monoisotopic (exact) mass is 264 g/mol. The van der Waals surface area contributed by atoms with Gasteiger partial charge in [0.05, 0.1) is 6.10 Å². The van der Waals surface area contributed by atoms with Gasteiger partial charge in [0.25, 0.3) is 0 Å². The fourth-order valence-corrected chi connectivity index (χ4v) is 2.61. The minimum Gasteiger partial charge on any atom is -0.389 e. The van der Waals surface area contributed by atoms with Gasteiger partial charge in [-0.2, -0.15) is 0 Å². The first-order valence-corrected chi connectivity index (χ1v) is 6.56. The zero-order chi connectivity index (χ0) is 12.3. The Balaban J connectivity index is 2.14. The number of halogens is 1. The highest BCUT2D eigenvalue weighted by Gasteiger charge is 2.02. The fraction of sp³-hybridized carbons (Fsp3) is 0.143. The lowest BCUT2D eigenvalue weighted by Crippen LogP contribution is -1.89. The summed E-state index contributed by atoms with van der Waals surface area (Å²) in [5, 5.41) is 10.2. The van der Waals surface area contributed by atoms with Gasteiger partial charge in [-0.1, -0.05) is 41.6 Å². The van der Waals surface area contributed by atoms with Crippen molar-refractivity contribution in [2.45, 2.75) is 22.8 Å². The zero-order valence-corrected chi connectivity index (χ0v) is 11.0. The molecule has 0 aromatic heterocycles. The Morgan fingerprint density at radius 2 is 1.76 bits per heavy atom. The van der Waals surface area contributed by atoms with Gasteiger partial charge in [0.1, 0.15) is 0 Å². The number of hydrogen-bond acceptors (Lipinski definition) is 2. The maximum atomic E-state index is 9.42. The van der Waals surface area contributed by atoms with Crippen molar-refractivity contribution in [1.29, 1.82) is 0 Å². The molecule has 0 saturated heterocycles. The molecule has 2 rings (SSSR count). The first kappa shape index (κ1) is 12.5. The molecule has 1 N–H and O–H groups in total. The van der Waals surface area contributed by atoms with Gasteiger partial charge in [0.15, 0.2) is 0 Å². The van der Waals surface area contributed by atoms with Gasteiger partial charge in [-0.15, -0.1) is 0 Å². The molecule has 0 fully saturated rings. The van der Waals surface area contributed by atoms with Crippen molar-refractivity contribution in [3.05, 3.63) is 59.1 Å². The molecule has 0 aliphatic rings. The van der Waals surface area contributed by atoms with Crippen LogP contribution in [0.2, 0.25) is 5.02 Å². The molecule has 0 bridgehead atoms. The van der Waals surface area contributed by atoms with Gasteiger partial charge in [-0.25, -0.2) is 0 Å². The minimum atomic E-state index is -0.416. The lowest BCUT2D eigenvalue weighted by Gasteiger charge is -2.06. The van der Waals surface area contributed by atoms with Crippen molar-refractivity contribution in [2.24, 2.45) is 0 Å². The smallest absolute Gasteiger partial charge is 0.0761 e. The summed E-state index contributed by atoms with van der Waals surface area (Å²) in [5.74, 6) is 0. The third kappa shape index (κ3) is 3.50. The Labute approximate surface area is 110 Å². The predicted octanol–water partition coefficient (Wildman–Crippen LogP) is 4.54. The van der Waals surface area contributed by atoms with E-state index in [0.717, 1.165) is 20.4 Å². The molecule has 0 spiro atoms. The number of aliphatic hydroxyl groups is 1. The average Bonchev–Trinajstić information content (AvgIpc) is 2.29. The van der Waals surface area contributed by atoms with E-state index in [1.54, 1.807) is 18.7 Å². The van der Waals surface area contributed by atoms with E-state index in [1.807, 2.05) is 48.5 Å². The second-order valence-corrected chi connectivity index (χ2v) is 5.39. The zero-order valence-electron chi connectivity index (χ0n) is 9.43. The van der Waals surface area contributed by atoms with Crippen molar-refractivity contribution in [3.63, 3.8) is 0 Å². The first-order valence-electron chi connectivity index (χ1n) is 5.36. The Morgan fingerprint density at radius 1 is 1.06 bits per heavy atom. The topological polar surface area (TPSA) is 20.2 Å². The lowest BCUT2D eigenvalue weighted by atomic mass is 10.1. The van der Waals surface area contributed by atoms with Crippen LogP contribution in [-0.4, -0.2) is 5.11 Å². The van der Waals surface area contributed by atoms with Crippen LogP contribution in [0, 0.1) is 0 Å². The summed E-state index contributed by atoms with van der Waals surface area (Å²) in [6.07, 6.45) is -0.416. The molecule has 0 aliphatic carbocycles. The van der Waals surface area contributed by atoms with E-state index in [-0.39, 0.29) is 0 Å². The highest BCUT2D eigenvalue weighted by atomic mass is 35.5. The van der Waals surface area contributed by atoms with Gasteiger partial charge in [-0.05, 0) is 42.8 Å². The molecular formula is C14H13ClOS. The fourth-order valence-electron chi connectivity index (χ4n) is 1.48. The van der Waals surface area contributed by atoms with Gasteiger partial charge >= 0.3 is 0 Å². The molecule has 1 atom stereocenters. The normalized spacial score (nSPS) is 12.4. The molecule has 17 heavy (non-hydrogen) atoms. The van der Waals surface area contributed by atoms with Crippen LogP contribution in [0.3, 0.4) is 0 Å². The van der Waals surface area contributed by atoms with Crippen LogP contribution in [0.5, 0.6) is 0 Å². The molecule has 1 unspecified atom stereocenters. The molecule has 88 valence electrons. The number of benzene rings is 2. The molecule has 3 heteroatoms. The van der Waals surface area contributed by atoms with Crippen LogP contribution < -0.4 is 0 Å². The number of rotatable bonds is 3. The largest absolute Gasteiger partial charge is 0.389 e. The molecule has 2 aromatic rings. The Kier molecular flexibility index (Phi) is 4.11. The van der Waals surface area contributed by atoms with Gasteiger partial charge in [0.2, 0.25) is 0 Å². The number of hydrogen-bond donors (Lipinski definition) is 1. The van der Waals surface area contributed by atoms with Gasteiger partial charge in [-0.3, -0.25) is 0 Å². The van der Waals surface area contributed by atoms with Gasteiger partial charge in [0, 0.05) is 14.8 Å². The summed E-state index contributed by atoms with van der Waals surface area (Å²) in [6, 6.07) is 15.7. The number of aliphatic hydroxyl groups excluding tert-OH is 1. The van der Waals surface area contributed by atoms with Crippen LogP contribution in [-0.2, 0) is 0 Å². The third-order valence-electron chi connectivity index (χ3n) is 2.39. The van der Waals surface area contributed by atoms with Crippen LogP contribution in [0.1, 0.15) is 18.6 Å². The quantitative estimate of drug-likeness (QED) is 0.878. The van der Waals surface area contributed by atoms with Crippen LogP contribution in [0.15, 0.2) is 58.3 Å². The molecular weight excluding hydrogens is 252 g/mol. The minimum absolute atomic E-state index is 0.416. The second-order valence-electron chi connectivity index (χ2n) is 3.80. The Bertz CT molecular complexity index is 494. The summed E-state index contributed by atoms with van der Waals surface area (Å²) in [4.78, 5) is 2.25. The second kappa shape index (κ2) is 5.58. The van der Waals surface area contributed by atoms with E-state index in [1.165, 1.54) is 0 Å². The third-order valence-corrected chi connectivity index (χ3v) is 3.63. The van der Waals surface area contributed by atoms with Gasteiger partial charge < -0.3 is 5.11 Å². The summed E-state index contributed by atoms with van der Waals surface area (Å²) >= 11 is 7.59. The standard InChI is InChI=1S/C14H13ClOS/c1-10(16)11-5-7-13(8-6-11)17-14-4-2-3-12(15)9-14/h2-10,16H,1H3. The van der Waals surface area contributed by atoms with E-state index in [0.29, 0.717) is 0 Å². The van der Waals surface area contributed by atoms with Crippen molar-refractivity contribution >= 4 is 23.4 Å². The van der Waals surface area contributed by atoms with E-state index in [4.69, 9.17) is 11.6 Å². The maximum Gasteiger partial charge on any atom is 0.0761 e. The SMILES string of the molecule is CC(O)c1ccc(Sc2cccc(Cl)c2)cc1. The molecule has 0 saturated carbocycles. The van der Waals surface area contributed by atoms with Crippen molar-refractivity contribution in [2.75, 3.05) is 0 Å². The lowest BCUT2D eigenvalue weighted by molar-refractivity contribution is 0.199. The van der Waals surface area contributed by atoms with E-state index in [9.17, 15) is 5.11 Å². The summed E-state index contributed by atoms with van der Waals surface area (Å²) in [7, 11) is 0. The van der Waals surface area contributed by atoms with E-state index >= 15 is 0 Å². The molecule has 0 heterocycles. The molecule has 0 radical (unpaired) electrons. The van der Waals surface area contributed by atoms with E-state index in [2.05, 4.69) is 0 Å². The molecule has 1 nitrogen and oxygen atoms in total. The summed E-state index contributed by atoms with van der Waals surface area (Å²) < 4.78 is 0. The molecule has 0 amide bonds. The average molecular weight is 265 g/mol. The van der Waals surface area contributed by atoms with Crippen LogP contribution in [0.4, 0.5) is 0 Å². The van der Waals surface area contributed by atoms with Crippen molar-refractivity contribution in [1.82, 2.24) is 0 Å². The first-order chi connectivity index (χ1) is 8.15. The highest BCUT2D eigenvalue weighted by molar-refractivity contribution is 7.99. The highest BCUT2D eigenvalue weighted by Crippen LogP contribution is 2.30. The van der Waals surface area contributed by atoms with Crippen LogP contribution >= 0.6 is 23.4 Å². The Morgan fingerprint density at radius 3 is 2.35 bits per heavy atom.